The number of hydrogen-bond donors (Lipinski definition) is 2. The molecule has 4 aromatic carbocycles. The minimum atomic E-state index is -0.0197. The van der Waals surface area contributed by atoms with Gasteiger partial charge in [-0.3, -0.25) is 0 Å². The molecule has 4 aromatic rings. The topological polar surface area (TPSA) is 70.5 Å². The van der Waals surface area contributed by atoms with Crippen molar-refractivity contribution in [3.05, 3.63) is 108 Å². The Morgan fingerprint density at radius 2 is 0.822 bits per heavy atom. The summed E-state index contributed by atoms with van der Waals surface area (Å²) in [5.74, 6) is 6.04. The van der Waals surface area contributed by atoms with Crippen molar-refractivity contribution in [1.29, 1.82) is 0 Å². The van der Waals surface area contributed by atoms with Crippen LogP contribution in [0.2, 0.25) is 0 Å². The van der Waals surface area contributed by atoms with Crippen molar-refractivity contribution < 1.29 is 9.47 Å². The highest BCUT2D eigenvalue weighted by molar-refractivity contribution is 5.47. The Labute approximate surface area is 270 Å². The van der Waals surface area contributed by atoms with Crippen LogP contribution in [-0.2, 0) is 5.41 Å². The lowest BCUT2D eigenvalue weighted by molar-refractivity contribution is 0.209. The Hall–Kier alpha value is -3.92. The predicted molar refractivity (Wildman–Crippen MR) is 187 cm³/mol. The number of nitrogens with two attached hydrogens (primary N) is 2. The third-order valence-corrected chi connectivity index (χ3v) is 10.7. The van der Waals surface area contributed by atoms with Gasteiger partial charge in [0.15, 0.2) is 0 Å². The lowest BCUT2D eigenvalue weighted by Crippen LogP contribution is -2.33. The van der Waals surface area contributed by atoms with Crippen LogP contribution in [0.4, 0.5) is 11.4 Å². The molecular weight excluding hydrogens is 552 g/mol. The zero-order valence-corrected chi connectivity index (χ0v) is 26.9. The van der Waals surface area contributed by atoms with E-state index in [4.69, 9.17) is 20.9 Å². The first-order chi connectivity index (χ1) is 22.0. The standard InChI is InChI=1S/C41H50N2O2/c1-2-3-30-4-6-31(7-5-30)8-9-32-26-28-41(29-27-32,33-10-18-37(19-11-33)44-39-22-14-35(42)15-23-39)34-12-20-38(21-13-34)45-40-24-16-36(43)17-25-40/h10-25,30-32H,2-9,26-29,42-43H2,1H3/t30-,31-. The first-order valence-electron chi connectivity index (χ1n) is 17.3. The monoisotopic (exact) mass is 602 g/mol. The summed E-state index contributed by atoms with van der Waals surface area (Å²) in [6.07, 6.45) is 16.3. The summed E-state index contributed by atoms with van der Waals surface area (Å²) in [5.41, 5.74) is 15.9. The molecule has 2 aliphatic rings. The fourth-order valence-corrected chi connectivity index (χ4v) is 7.92. The predicted octanol–water partition coefficient (Wildman–Crippen LogP) is 11.3. The highest BCUT2D eigenvalue weighted by Crippen LogP contribution is 2.49. The van der Waals surface area contributed by atoms with Gasteiger partial charge in [0.25, 0.3) is 0 Å². The number of rotatable bonds is 11. The third-order valence-electron chi connectivity index (χ3n) is 10.7. The zero-order chi connectivity index (χ0) is 31.1. The largest absolute Gasteiger partial charge is 0.457 e. The summed E-state index contributed by atoms with van der Waals surface area (Å²) in [6, 6.07) is 32.7. The molecule has 4 nitrogen and oxygen atoms in total. The van der Waals surface area contributed by atoms with Gasteiger partial charge in [-0.1, -0.05) is 82.6 Å². The van der Waals surface area contributed by atoms with Crippen LogP contribution in [0.15, 0.2) is 97.1 Å². The molecular formula is C41H50N2O2. The average Bonchev–Trinajstić information content (AvgIpc) is 3.08. The molecule has 0 atom stereocenters. The van der Waals surface area contributed by atoms with Gasteiger partial charge < -0.3 is 20.9 Å². The van der Waals surface area contributed by atoms with Crippen LogP contribution in [0.25, 0.3) is 0 Å². The molecule has 0 unspecified atom stereocenters. The zero-order valence-electron chi connectivity index (χ0n) is 26.9. The van der Waals surface area contributed by atoms with Gasteiger partial charge in [-0.2, -0.15) is 0 Å². The Bertz CT molecular complexity index is 1370. The number of anilines is 2. The molecule has 0 radical (unpaired) electrons. The maximum Gasteiger partial charge on any atom is 0.127 e. The van der Waals surface area contributed by atoms with Crippen molar-refractivity contribution in [1.82, 2.24) is 0 Å². The first kappa shape index (κ1) is 31.1. The summed E-state index contributed by atoms with van der Waals surface area (Å²) < 4.78 is 12.3. The van der Waals surface area contributed by atoms with E-state index in [1.54, 1.807) is 0 Å². The lowest BCUT2D eigenvalue weighted by atomic mass is 9.62. The highest BCUT2D eigenvalue weighted by atomic mass is 16.5. The van der Waals surface area contributed by atoms with E-state index in [1.807, 2.05) is 48.5 Å². The van der Waals surface area contributed by atoms with Gasteiger partial charge in [0.05, 0.1) is 0 Å². The Balaban J connectivity index is 1.16. The summed E-state index contributed by atoms with van der Waals surface area (Å²) >= 11 is 0. The van der Waals surface area contributed by atoms with E-state index in [9.17, 15) is 0 Å². The number of benzene rings is 4. The first-order valence-corrected chi connectivity index (χ1v) is 17.3. The van der Waals surface area contributed by atoms with Gasteiger partial charge in [0.2, 0.25) is 0 Å². The quantitative estimate of drug-likeness (QED) is 0.168. The van der Waals surface area contributed by atoms with E-state index in [2.05, 4.69) is 55.5 Å². The molecule has 4 N–H and O–H groups in total. The van der Waals surface area contributed by atoms with E-state index in [0.29, 0.717) is 0 Å². The third kappa shape index (κ3) is 7.84. The average molecular weight is 603 g/mol. The van der Waals surface area contributed by atoms with Crippen molar-refractivity contribution >= 4 is 11.4 Å². The molecule has 0 aromatic heterocycles. The second-order valence-corrected chi connectivity index (χ2v) is 13.7. The van der Waals surface area contributed by atoms with Crippen LogP contribution >= 0.6 is 0 Å². The lowest BCUT2D eigenvalue weighted by Gasteiger charge is -2.42. The van der Waals surface area contributed by atoms with Crippen molar-refractivity contribution in [3.63, 3.8) is 0 Å². The molecule has 0 aliphatic heterocycles. The van der Waals surface area contributed by atoms with Gasteiger partial charge in [-0.05, 0) is 127 Å². The van der Waals surface area contributed by atoms with Crippen LogP contribution in [0.5, 0.6) is 23.0 Å². The van der Waals surface area contributed by atoms with Crippen LogP contribution < -0.4 is 20.9 Å². The van der Waals surface area contributed by atoms with Gasteiger partial charge in [0, 0.05) is 16.8 Å². The summed E-state index contributed by atoms with van der Waals surface area (Å²) in [5, 5.41) is 0. The van der Waals surface area contributed by atoms with E-state index in [0.717, 1.165) is 65.0 Å². The SMILES string of the molecule is CCC[C@H]1CC[C@H](CCC2CCC(c3ccc(Oc4ccc(N)cc4)cc3)(c3ccc(Oc4ccc(N)cc4)cc3)CC2)CC1. The second-order valence-electron chi connectivity index (χ2n) is 13.7. The van der Waals surface area contributed by atoms with Crippen LogP contribution in [-0.4, -0.2) is 0 Å². The number of nitrogen functional groups attached to an aromatic ring is 2. The molecule has 2 saturated carbocycles. The molecule has 236 valence electrons. The normalized spacial score (nSPS) is 20.0. The molecule has 0 heterocycles. The Morgan fingerprint density at radius 3 is 1.20 bits per heavy atom. The van der Waals surface area contributed by atoms with Crippen LogP contribution in [0.3, 0.4) is 0 Å². The summed E-state index contributed by atoms with van der Waals surface area (Å²) in [7, 11) is 0. The van der Waals surface area contributed by atoms with Crippen molar-refractivity contribution in [2.45, 2.75) is 89.4 Å². The molecule has 2 fully saturated rings. The van der Waals surface area contributed by atoms with E-state index in [-0.39, 0.29) is 5.41 Å². The minimum Gasteiger partial charge on any atom is -0.457 e. The van der Waals surface area contributed by atoms with Crippen molar-refractivity contribution in [2.24, 2.45) is 17.8 Å². The fourth-order valence-electron chi connectivity index (χ4n) is 7.92. The smallest absolute Gasteiger partial charge is 0.127 e. The highest BCUT2D eigenvalue weighted by Gasteiger charge is 2.38. The molecule has 0 saturated heterocycles. The Kier molecular flexibility index (Phi) is 9.98. The number of ether oxygens (including phenoxy) is 2. The fraction of sp³-hybridized carbons (Fsp3) is 0.415. The van der Waals surface area contributed by atoms with E-state index in [1.165, 1.54) is 75.3 Å². The van der Waals surface area contributed by atoms with Crippen molar-refractivity contribution in [3.8, 4) is 23.0 Å². The minimum absolute atomic E-state index is 0.0197. The van der Waals surface area contributed by atoms with Crippen LogP contribution in [0, 0.1) is 17.8 Å². The molecule has 0 amide bonds. The Morgan fingerprint density at radius 1 is 0.489 bits per heavy atom. The van der Waals surface area contributed by atoms with Gasteiger partial charge >= 0.3 is 0 Å². The van der Waals surface area contributed by atoms with E-state index >= 15 is 0 Å². The molecule has 0 spiro atoms. The molecule has 4 heteroatoms. The molecule has 6 rings (SSSR count). The molecule has 45 heavy (non-hydrogen) atoms. The maximum atomic E-state index is 6.14. The van der Waals surface area contributed by atoms with Crippen molar-refractivity contribution in [2.75, 3.05) is 11.5 Å². The maximum absolute atomic E-state index is 6.14. The number of hydrogen-bond acceptors (Lipinski definition) is 4. The summed E-state index contributed by atoms with van der Waals surface area (Å²) in [4.78, 5) is 0. The molecule has 2 aliphatic carbocycles. The van der Waals surface area contributed by atoms with Gasteiger partial charge in [0.1, 0.15) is 23.0 Å². The van der Waals surface area contributed by atoms with Crippen LogP contribution in [0.1, 0.15) is 95.1 Å². The summed E-state index contributed by atoms with van der Waals surface area (Å²) in [6.45, 7) is 2.34. The van der Waals surface area contributed by atoms with E-state index < -0.39 is 0 Å². The second kappa shape index (κ2) is 14.5. The molecule has 0 bridgehead atoms. The van der Waals surface area contributed by atoms with Gasteiger partial charge in [-0.15, -0.1) is 0 Å². The van der Waals surface area contributed by atoms with Gasteiger partial charge in [-0.25, -0.2) is 0 Å².